The van der Waals surface area contributed by atoms with Crippen molar-refractivity contribution in [1.29, 1.82) is 0 Å². The molecule has 0 aromatic heterocycles. The summed E-state index contributed by atoms with van der Waals surface area (Å²) in [5.41, 5.74) is 3.52. The monoisotopic (exact) mass is 394 g/mol. The summed E-state index contributed by atoms with van der Waals surface area (Å²) in [6.45, 7) is 2.84. The second kappa shape index (κ2) is 8.22. The molecule has 3 amide bonds. The number of hydrogen-bond donors (Lipinski definition) is 1. The molecule has 7 nitrogen and oxygen atoms in total. The number of nitrogens with zero attached hydrogens (tertiary/aromatic N) is 3. The minimum Gasteiger partial charge on any atom is -0.304 e. The molecular weight excluding hydrogens is 376 g/mol. The van der Waals surface area contributed by atoms with E-state index < -0.39 is 11.1 Å². The molecule has 0 unspecified atom stereocenters. The number of carbonyl (C=O) groups is 3. The highest BCUT2D eigenvalue weighted by molar-refractivity contribution is 8.18. The summed E-state index contributed by atoms with van der Waals surface area (Å²) in [7, 11) is 2.02. The van der Waals surface area contributed by atoms with Gasteiger partial charge in [0, 0.05) is 31.2 Å². The SMILES string of the molecule is CN1CCN(NC(=O)CN2C(=O)SC(=Cc3ccc(Cl)cc3)C2=O)CC1. The summed E-state index contributed by atoms with van der Waals surface area (Å²) in [6, 6.07) is 6.94. The molecule has 0 bridgehead atoms. The van der Waals surface area contributed by atoms with Gasteiger partial charge >= 0.3 is 0 Å². The van der Waals surface area contributed by atoms with Crippen molar-refractivity contribution < 1.29 is 14.4 Å². The van der Waals surface area contributed by atoms with Crippen LogP contribution in [0.1, 0.15) is 5.56 Å². The first-order valence-electron chi connectivity index (χ1n) is 8.16. The second-order valence-electron chi connectivity index (χ2n) is 6.14. The zero-order valence-corrected chi connectivity index (χ0v) is 15.8. The second-order valence-corrected chi connectivity index (χ2v) is 7.57. The van der Waals surface area contributed by atoms with Gasteiger partial charge in [-0.25, -0.2) is 5.01 Å². The molecule has 9 heteroatoms. The molecule has 2 aliphatic rings. The van der Waals surface area contributed by atoms with Gasteiger partial charge in [0.25, 0.3) is 17.1 Å². The highest BCUT2D eigenvalue weighted by Crippen LogP contribution is 2.32. The lowest BCUT2D eigenvalue weighted by Gasteiger charge is -2.32. The number of rotatable bonds is 4. The lowest BCUT2D eigenvalue weighted by Crippen LogP contribution is -2.54. The number of piperazine rings is 1. The van der Waals surface area contributed by atoms with Gasteiger partial charge in [-0.15, -0.1) is 0 Å². The van der Waals surface area contributed by atoms with Gasteiger partial charge in [0.2, 0.25) is 0 Å². The predicted octanol–water partition coefficient (Wildman–Crippen LogP) is 1.65. The van der Waals surface area contributed by atoms with Crippen LogP contribution in [0.2, 0.25) is 5.02 Å². The van der Waals surface area contributed by atoms with Gasteiger partial charge in [-0.2, -0.15) is 0 Å². The van der Waals surface area contributed by atoms with Gasteiger partial charge in [0.15, 0.2) is 0 Å². The van der Waals surface area contributed by atoms with E-state index in [4.69, 9.17) is 11.6 Å². The number of hydrogen-bond acceptors (Lipinski definition) is 6. The van der Waals surface area contributed by atoms with Crippen LogP contribution in [0.4, 0.5) is 4.79 Å². The predicted molar refractivity (Wildman–Crippen MR) is 101 cm³/mol. The highest BCUT2D eigenvalue weighted by Gasteiger charge is 2.36. The Kier molecular flexibility index (Phi) is 5.98. The molecule has 3 rings (SSSR count). The van der Waals surface area contributed by atoms with Crippen molar-refractivity contribution in [3.8, 4) is 0 Å². The number of imide groups is 1. The number of thioether (sulfide) groups is 1. The molecule has 0 saturated carbocycles. The number of amides is 3. The summed E-state index contributed by atoms with van der Waals surface area (Å²) in [6.07, 6.45) is 1.62. The standard InChI is InChI=1S/C17H19ClN4O3S/c1-20-6-8-21(9-7-20)19-15(23)11-22-16(24)14(26-17(22)25)10-12-2-4-13(18)5-3-12/h2-5,10H,6-9,11H2,1H3,(H,19,23). The first kappa shape index (κ1) is 18.9. The van der Waals surface area contributed by atoms with Crippen molar-refractivity contribution in [2.45, 2.75) is 0 Å². The van der Waals surface area contributed by atoms with Crippen LogP contribution >= 0.6 is 23.4 Å². The molecule has 0 radical (unpaired) electrons. The van der Waals surface area contributed by atoms with Gasteiger partial charge in [-0.05, 0) is 42.6 Å². The molecule has 0 spiro atoms. The minimum absolute atomic E-state index is 0.283. The Morgan fingerprint density at radius 1 is 1.19 bits per heavy atom. The molecule has 1 aromatic rings. The number of benzene rings is 1. The summed E-state index contributed by atoms with van der Waals surface area (Å²) in [5.74, 6) is -0.826. The number of nitrogens with one attached hydrogen (secondary N) is 1. The lowest BCUT2D eigenvalue weighted by atomic mass is 10.2. The van der Waals surface area contributed by atoms with Crippen LogP contribution < -0.4 is 5.43 Å². The Morgan fingerprint density at radius 2 is 1.85 bits per heavy atom. The fourth-order valence-corrected chi connectivity index (χ4v) is 3.58. The van der Waals surface area contributed by atoms with Crippen LogP contribution in [0, 0.1) is 0 Å². The van der Waals surface area contributed by atoms with E-state index >= 15 is 0 Å². The number of hydrazine groups is 1. The normalized spacial score (nSPS) is 20.8. The van der Waals surface area contributed by atoms with Gasteiger partial charge in [-0.1, -0.05) is 23.7 Å². The Bertz CT molecular complexity index is 745. The average molecular weight is 395 g/mol. The number of carbonyl (C=O) groups excluding carboxylic acids is 3. The van der Waals surface area contributed by atoms with Gasteiger partial charge < -0.3 is 4.90 Å². The van der Waals surface area contributed by atoms with E-state index in [2.05, 4.69) is 10.3 Å². The molecule has 1 aromatic carbocycles. The zero-order chi connectivity index (χ0) is 18.7. The van der Waals surface area contributed by atoms with Crippen molar-refractivity contribution in [2.75, 3.05) is 39.8 Å². The van der Waals surface area contributed by atoms with Crippen molar-refractivity contribution in [3.63, 3.8) is 0 Å². The molecule has 2 fully saturated rings. The molecule has 0 atom stereocenters. The van der Waals surface area contributed by atoms with Gasteiger partial charge in [0.05, 0.1) is 4.91 Å². The molecule has 2 saturated heterocycles. The van der Waals surface area contributed by atoms with Crippen molar-refractivity contribution >= 4 is 46.5 Å². The summed E-state index contributed by atoms with van der Waals surface area (Å²) in [5, 5.41) is 1.96. The van der Waals surface area contributed by atoms with Crippen LogP contribution in [-0.2, 0) is 9.59 Å². The maximum Gasteiger partial charge on any atom is 0.294 e. The maximum atomic E-state index is 12.4. The van der Waals surface area contributed by atoms with Gasteiger partial charge in [-0.3, -0.25) is 24.7 Å². The van der Waals surface area contributed by atoms with Crippen LogP contribution in [0.5, 0.6) is 0 Å². The van der Waals surface area contributed by atoms with Gasteiger partial charge in [0.1, 0.15) is 6.54 Å². The first-order valence-corrected chi connectivity index (χ1v) is 9.36. The van der Waals surface area contributed by atoms with E-state index in [0.29, 0.717) is 23.0 Å². The largest absolute Gasteiger partial charge is 0.304 e. The highest BCUT2D eigenvalue weighted by atomic mass is 35.5. The molecule has 26 heavy (non-hydrogen) atoms. The van der Waals surface area contributed by atoms with E-state index in [0.717, 1.165) is 35.3 Å². The molecule has 2 aliphatic heterocycles. The zero-order valence-electron chi connectivity index (χ0n) is 14.3. The Balaban J connectivity index is 1.60. The third-order valence-corrected chi connectivity index (χ3v) is 5.29. The molecule has 1 N–H and O–H groups in total. The topological polar surface area (TPSA) is 73.0 Å². The third-order valence-electron chi connectivity index (χ3n) is 4.13. The number of likely N-dealkylation sites (N-methyl/N-ethyl adjacent to an activating group) is 1. The quantitative estimate of drug-likeness (QED) is 0.783. The first-order chi connectivity index (χ1) is 12.4. The van der Waals surface area contributed by atoms with Crippen LogP contribution in [-0.4, -0.2) is 71.6 Å². The van der Waals surface area contributed by atoms with Crippen LogP contribution in [0.3, 0.4) is 0 Å². The van der Waals surface area contributed by atoms with E-state index in [1.807, 2.05) is 12.1 Å². The minimum atomic E-state index is -0.455. The maximum absolute atomic E-state index is 12.4. The van der Waals surface area contributed by atoms with Crippen molar-refractivity contribution in [2.24, 2.45) is 0 Å². The van der Waals surface area contributed by atoms with E-state index in [9.17, 15) is 14.4 Å². The Hall–Kier alpha value is -1.87. The van der Waals surface area contributed by atoms with Crippen LogP contribution in [0.15, 0.2) is 29.2 Å². The summed E-state index contributed by atoms with van der Waals surface area (Å²) < 4.78 is 0. The third kappa shape index (κ3) is 4.64. The smallest absolute Gasteiger partial charge is 0.294 e. The van der Waals surface area contributed by atoms with Crippen LogP contribution in [0.25, 0.3) is 6.08 Å². The average Bonchev–Trinajstić information content (AvgIpc) is 2.86. The van der Waals surface area contributed by atoms with E-state index in [1.165, 1.54) is 0 Å². The number of halogens is 1. The Morgan fingerprint density at radius 3 is 2.50 bits per heavy atom. The lowest BCUT2D eigenvalue weighted by molar-refractivity contribution is -0.132. The van der Waals surface area contributed by atoms with Crippen molar-refractivity contribution in [3.05, 3.63) is 39.8 Å². The molecule has 2 heterocycles. The van der Waals surface area contributed by atoms with Crippen molar-refractivity contribution in [1.82, 2.24) is 20.2 Å². The fraction of sp³-hybridized carbons (Fsp3) is 0.353. The summed E-state index contributed by atoms with van der Waals surface area (Å²) in [4.78, 5) is 40.2. The Labute approximate surface area is 160 Å². The summed E-state index contributed by atoms with van der Waals surface area (Å²) >= 11 is 6.68. The molecular formula is C17H19ClN4O3S. The molecule has 0 aliphatic carbocycles. The van der Waals surface area contributed by atoms with E-state index in [1.54, 1.807) is 30.3 Å². The molecule has 138 valence electrons. The fourth-order valence-electron chi connectivity index (χ4n) is 2.62. The van der Waals surface area contributed by atoms with E-state index in [-0.39, 0.29) is 12.5 Å².